The molecule has 1 amide bonds. The summed E-state index contributed by atoms with van der Waals surface area (Å²) >= 11 is 12.1. The normalized spacial score (nSPS) is 16.8. The van der Waals surface area contributed by atoms with Gasteiger partial charge in [0, 0.05) is 11.4 Å². The predicted octanol–water partition coefficient (Wildman–Crippen LogP) is 3.96. The van der Waals surface area contributed by atoms with Crippen LogP contribution in [0.4, 0.5) is 5.69 Å². The molecule has 0 unspecified atom stereocenters. The summed E-state index contributed by atoms with van der Waals surface area (Å²) in [5.41, 5.74) is 0.422. The van der Waals surface area contributed by atoms with Crippen LogP contribution in [-0.2, 0) is 11.3 Å². The fourth-order valence-corrected chi connectivity index (χ4v) is 3.75. The number of amides is 1. The molecule has 1 saturated carbocycles. The maximum atomic E-state index is 12.6. The van der Waals surface area contributed by atoms with Crippen molar-refractivity contribution in [1.82, 2.24) is 20.2 Å². The third kappa shape index (κ3) is 4.24. The van der Waals surface area contributed by atoms with E-state index in [1.165, 1.54) is 6.42 Å². The fraction of sp³-hybridized carbons (Fsp3) is 0.500. The van der Waals surface area contributed by atoms with Gasteiger partial charge in [-0.25, -0.2) is 4.68 Å². The first-order chi connectivity index (χ1) is 11.6. The standard InChI is InChI=1S/C16H19Cl2N5O/c17-12-4-5-13(18)14(8-12)20-15(24)9-16(6-2-1-3-7-16)10-23-11-19-21-22-23/h4-5,8,11H,1-3,6-7,9-10H2,(H,20,24). The Morgan fingerprint density at radius 2 is 2.04 bits per heavy atom. The van der Waals surface area contributed by atoms with Crippen LogP contribution in [-0.4, -0.2) is 26.1 Å². The van der Waals surface area contributed by atoms with Crippen LogP contribution in [0.25, 0.3) is 0 Å². The second kappa shape index (κ2) is 7.49. The number of rotatable bonds is 5. The molecular weight excluding hydrogens is 349 g/mol. The first-order valence-corrected chi connectivity index (χ1v) is 8.78. The summed E-state index contributed by atoms with van der Waals surface area (Å²) in [5, 5.41) is 15.2. The second-order valence-electron chi connectivity index (χ2n) is 6.42. The minimum Gasteiger partial charge on any atom is -0.325 e. The van der Waals surface area contributed by atoms with Crippen LogP contribution in [0.5, 0.6) is 0 Å². The summed E-state index contributed by atoms with van der Waals surface area (Å²) in [7, 11) is 0. The zero-order chi connectivity index (χ0) is 17.0. The van der Waals surface area contributed by atoms with E-state index >= 15 is 0 Å². The summed E-state index contributed by atoms with van der Waals surface area (Å²) in [6, 6.07) is 5.04. The number of tetrazole rings is 1. The molecule has 1 heterocycles. The Bertz CT molecular complexity index is 698. The van der Waals surface area contributed by atoms with E-state index in [0.717, 1.165) is 25.7 Å². The van der Waals surface area contributed by atoms with Gasteiger partial charge in [-0.1, -0.05) is 42.5 Å². The highest BCUT2D eigenvalue weighted by Gasteiger charge is 2.35. The van der Waals surface area contributed by atoms with Gasteiger partial charge in [-0.3, -0.25) is 4.79 Å². The highest BCUT2D eigenvalue weighted by Crippen LogP contribution is 2.41. The van der Waals surface area contributed by atoms with Crippen molar-refractivity contribution in [3.8, 4) is 0 Å². The molecule has 0 radical (unpaired) electrons. The molecule has 0 aliphatic heterocycles. The van der Waals surface area contributed by atoms with Gasteiger partial charge < -0.3 is 5.32 Å². The topological polar surface area (TPSA) is 72.7 Å². The van der Waals surface area contributed by atoms with E-state index in [0.29, 0.717) is 28.7 Å². The molecule has 1 N–H and O–H groups in total. The first kappa shape index (κ1) is 17.2. The van der Waals surface area contributed by atoms with Crippen LogP contribution < -0.4 is 5.32 Å². The summed E-state index contributed by atoms with van der Waals surface area (Å²) in [6.07, 6.45) is 7.44. The molecule has 0 atom stereocenters. The summed E-state index contributed by atoms with van der Waals surface area (Å²) in [4.78, 5) is 12.6. The molecule has 1 aromatic carbocycles. The number of benzene rings is 1. The molecular formula is C16H19Cl2N5O. The van der Waals surface area contributed by atoms with Gasteiger partial charge in [0.25, 0.3) is 0 Å². The van der Waals surface area contributed by atoms with Crippen molar-refractivity contribution in [1.29, 1.82) is 0 Å². The second-order valence-corrected chi connectivity index (χ2v) is 7.26. The van der Waals surface area contributed by atoms with E-state index < -0.39 is 0 Å². The van der Waals surface area contributed by atoms with Gasteiger partial charge >= 0.3 is 0 Å². The lowest BCUT2D eigenvalue weighted by molar-refractivity contribution is -0.119. The van der Waals surface area contributed by atoms with E-state index in [1.54, 1.807) is 29.2 Å². The van der Waals surface area contributed by atoms with E-state index in [9.17, 15) is 4.79 Å². The van der Waals surface area contributed by atoms with Crippen LogP contribution in [0.2, 0.25) is 10.0 Å². The Morgan fingerprint density at radius 1 is 1.25 bits per heavy atom. The van der Waals surface area contributed by atoms with E-state index in [-0.39, 0.29) is 11.3 Å². The van der Waals surface area contributed by atoms with Gasteiger partial charge in [0.15, 0.2) is 0 Å². The van der Waals surface area contributed by atoms with Crippen molar-refractivity contribution in [3.63, 3.8) is 0 Å². The molecule has 2 aromatic rings. The number of anilines is 1. The molecule has 0 saturated heterocycles. The van der Waals surface area contributed by atoms with Gasteiger partial charge in [0.05, 0.1) is 17.3 Å². The largest absolute Gasteiger partial charge is 0.325 e. The lowest BCUT2D eigenvalue weighted by Gasteiger charge is -2.36. The average Bonchev–Trinajstić information content (AvgIpc) is 3.04. The zero-order valence-electron chi connectivity index (χ0n) is 13.2. The van der Waals surface area contributed by atoms with E-state index in [1.807, 2.05) is 0 Å². The summed E-state index contributed by atoms with van der Waals surface area (Å²) in [6.45, 7) is 0.650. The molecule has 128 valence electrons. The third-order valence-electron chi connectivity index (χ3n) is 4.54. The van der Waals surface area contributed by atoms with Crippen molar-refractivity contribution in [3.05, 3.63) is 34.6 Å². The lowest BCUT2D eigenvalue weighted by Crippen LogP contribution is -2.34. The predicted molar refractivity (Wildman–Crippen MR) is 93.0 cm³/mol. The maximum absolute atomic E-state index is 12.6. The molecule has 24 heavy (non-hydrogen) atoms. The Labute approximate surface area is 150 Å². The quantitative estimate of drug-likeness (QED) is 0.867. The molecule has 1 aliphatic rings. The van der Waals surface area contributed by atoms with Crippen molar-refractivity contribution in [2.24, 2.45) is 5.41 Å². The van der Waals surface area contributed by atoms with Crippen LogP contribution in [0, 0.1) is 5.41 Å². The minimum atomic E-state index is -0.122. The van der Waals surface area contributed by atoms with Gasteiger partial charge in [-0.05, 0) is 46.9 Å². The smallest absolute Gasteiger partial charge is 0.225 e. The number of carbonyl (C=O) groups is 1. The Kier molecular flexibility index (Phi) is 5.36. The van der Waals surface area contributed by atoms with E-state index in [2.05, 4.69) is 20.8 Å². The number of nitrogens with one attached hydrogen (secondary N) is 1. The van der Waals surface area contributed by atoms with Gasteiger partial charge in [-0.2, -0.15) is 0 Å². The molecule has 1 fully saturated rings. The lowest BCUT2D eigenvalue weighted by atomic mass is 9.71. The fourth-order valence-electron chi connectivity index (χ4n) is 3.42. The molecule has 3 rings (SSSR count). The maximum Gasteiger partial charge on any atom is 0.225 e. The van der Waals surface area contributed by atoms with Gasteiger partial charge in [-0.15, -0.1) is 5.10 Å². The first-order valence-electron chi connectivity index (χ1n) is 8.02. The number of hydrogen-bond acceptors (Lipinski definition) is 4. The van der Waals surface area contributed by atoms with Crippen LogP contribution in [0.1, 0.15) is 38.5 Å². The SMILES string of the molecule is O=C(CC1(Cn2cnnn2)CCCCC1)Nc1cc(Cl)ccc1Cl. The molecule has 1 aromatic heterocycles. The van der Waals surface area contributed by atoms with Crippen molar-refractivity contribution in [2.45, 2.75) is 45.1 Å². The Balaban J connectivity index is 1.72. The van der Waals surface area contributed by atoms with Gasteiger partial charge in [0.1, 0.15) is 6.33 Å². The summed E-state index contributed by atoms with van der Waals surface area (Å²) in [5.74, 6) is -0.0610. The number of nitrogens with zero attached hydrogens (tertiary/aromatic N) is 4. The molecule has 1 aliphatic carbocycles. The number of halogens is 2. The Morgan fingerprint density at radius 3 is 2.75 bits per heavy atom. The van der Waals surface area contributed by atoms with Gasteiger partial charge in [0.2, 0.25) is 5.91 Å². The molecule has 0 bridgehead atoms. The number of aromatic nitrogens is 4. The van der Waals surface area contributed by atoms with Crippen LogP contribution in [0.3, 0.4) is 0 Å². The van der Waals surface area contributed by atoms with Crippen molar-refractivity contribution < 1.29 is 4.79 Å². The highest BCUT2D eigenvalue weighted by atomic mass is 35.5. The molecule has 8 heteroatoms. The summed E-state index contributed by atoms with van der Waals surface area (Å²) < 4.78 is 1.71. The van der Waals surface area contributed by atoms with Crippen molar-refractivity contribution >= 4 is 34.8 Å². The van der Waals surface area contributed by atoms with E-state index in [4.69, 9.17) is 23.2 Å². The highest BCUT2D eigenvalue weighted by molar-refractivity contribution is 6.35. The van der Waals surface area contributed by atoms with Crippen molar-refractivity contribution in [2.75, 3.05) is 5.32 Å². The third-order valence-corrected chi connectivity index (χ3v) is 5.11. The Hall–Kier alpha value is -1.66. The van der Waals surface area contributed by atoms with Crippen LogP contribution >= 0.6 is 23.2 Å². The molecule has 6 nitrogen and oxygen atoms in total. The minimum absolute atomic E-state index is 0.0610. The molecule has 0 spiro atoms. The number of carbonyl (C=O) groups excluding carboxylic acids is 1. The van der Waals surface area contributed by atoms with Crippen LogP contribution in [0.15, 0.2) is 24.5 Å². The monoisotopic (exact) mass is 367 g/mol. The zero-order valence-corrected chi connectivity index (χ0v) is 14.7. The number of hydrogen-bond donors (Lipinski definition) is 1. The average molecular weight is 368 g/mol.